The summed E-state index contributed by atoms with van der Waals surface area (Å²) in [5.41, 5.74) is 2.90. The van der Waals surface area contributed by atoms with E-state index in [-0.39, 0.29) is 17.9 Å². The Morgan fingerprint density at radius 3 is 2.40 bits per heavy atom. The van der Waals surface area contributed by atoms with E-state index in [9.17, 15) is 9.59 Å². The van der Waals surface area contributed by atoms with Crippen LogP contribution in [0, 0.1) is 6.92 Å². The number of likely N-dealkylation sites (tertiary alicyclic amines) is 1. The first-order chi connectivity index (χ1) is 14.3. The average molecular weight is 409 g/mol. The normalized spacial score (nSPS) is 15.7. The summed E-state index contributed by atoms with van der Waals surface area (Å²) in [6.07, 6.45) is 0.925. The van der Waals surface area contributed by atoms with Gasteiger partial charge in [0.15, 0.2) is 6.10 Å². The molecule has 0 aliphatic carbocycles. The predicted octanol–water partition coefficient (Wildman–Crippen LogP) is 4.31. The molecule has 1 aliphatic heterocycles. The van der Waals surface area contributed by atoms with E-state index in [2.05, 4.69) is 19.2 Å². The molecule has 5 heteroatoms. The number of benzene rings is 2. The third-order valence-corrected chi connectivity index (χ3v) is 5.61. The van der Waals surface area contributed by atoms with Crippen LogP contribution in [0.15, 0.2) is 48.5 Å². The lowest BCUT2D eigenvalue weighted by Gasteiger charge is -2.33. The van der Waals surface area contributed by atoms with Crippen LogP contribution in [-0.2, 0) is 4.79 Å². The van der Waals surface area contributed by atoms with Gasteiger partial charge in [-0.3, -0.25) is 9.59 Å². The van der Waals surface area contributed by atoms with Gasteiger partial charge in [0, 0.05) is 24.7 Å². The number of rotatable bonds is 6. The molecule has 0 aromatic heterocycles. The SMILES string of the molecule is Cc1cccc(C(=O)N2CCC(NC(=O)C(C)Oc3ccccc3C(C)C)CC2)c1. The molecule has 1 heterocycles. The number of hydrogen-bond acceptors (Lipinski definition) is 3. The van der Waals surface area contributed by atoms with E-state index in [1.54, 1.807) is 6.92 Å². The van der Waals surface area contributed by atoms with Gasteiger partial charge < -0.3 is 15.0 Å². The van der Waals surface area contributed by atoms with Crippen molar-refractivity contribution >= 4 is 11.8 Å². The lowest BCUT2D eigenvalue weighted by molar-refractivity contribution is -0.128. The molecule has 2 aromatic rings. The minimum Gasteiger partial charge on any atom is -0.481 e. The fourth-order valence-electron chi connectivity index (χ4n) is 3.81. The predicted molar refractivity (Wildman–Crippen MR) is 119 cm³/mol. The maximum Gasteiger partial charge on any atom is 0.260 e. The molecular formula is C25H32N2O3. The van der Waals surface area contributed by atoms with Crippen LogP contribution in [0.2, 0.25) is 0 Å². The van der Waals surface area contributed by atoms with Gasteiger partial charge in [0.05, 0.1) is 0 Å². The Morgan fingerprint density at radius 1 is 1.03 bits per heavy atom. The van der Waals surface area contributed by atoms with Crippen LogP contribution in [0.1, 0.15) is 61.0 Å². The molecule has 5 nitrogen and oxygen atoms in total. The number of amides is 2. The summed E-state index contributed by atoms with van der Waals surface area (Å²) in [7, 11) is 0. The first-order valence-electron chi connectivity index (χ1n) is 10.8. The lowest BCUT2D eigenvalue weighted by Crippen LogP contribution is -2.49. The maximum atomic E-state index is 12.7. The van der Waals surface area contributed by atoms with Crippen molar-refractivity contribution in [2.45, 2.75) is 58.6 Å². The van der Waals surface area contributed by atoms with Gasteiger partial charge in [-0.25, -0.2) is 0 Å². The van der Waals surface area contributed by atoms with Crippen LogP contribution >= 0.6 is 0 Å². The Labute approximate surface area is 179 Å². The Kier molecular flexibility index (Phi) is 7.14. The zero-order chi connectivity index (χ0) is 21.7. The summed E-state index contributed by atoms with van der Waals surface area (Å²) in [4.78, 5) is 27.2. The van der Waals surface area contributed by atoms with Crippen LogP contribution < -0.4 is 10.1 Å². The van der Waals surface area contributed by atoms with Crippen LogP contribution in [0.25, 0.3) is 0 Å². The quantitative estimate of drug-likeness (QED) is 0.775. The highest BCUT2D eigenvalue weighted by Gasteiger charge is 2.26. The van der Waals surface area contributed by atoms with E-state index < -0.39 is 6.10 Å². The third kappa shape index (κ3) is 5.41. The maximum absolute atomic E-state index is 12.7. The molecule has 2 amide bonds. The second kappa shape index (κ2) is 9.79. The molecule has 160 valence electrons. The molecule has 0 radical (unpaired) electrons. The van der Waals surface area contributed by atoms with Crippen LogP contribution in [0.5, 0.6) is 5.75 Å². The fraction of sp³-hybridized carbons (Fsp3) is 0.440. The van der Waals surface area contributed by atoms with Crippen molar-refractivity contribution in [1.29, 1.82) is 0 Å². The minimum atomic E-state index is -0.572. The zero-order valence-electron chi connectivity index (χ0n) is 18.4. The van der Waals surface area contributed by atoms with E-state index >= 15 is 0 Å². The average Bonchev–Trinajstić information content (AvgIpc) is 2.74. The second-order valence-corrected chi connectivity index (χ2v) is 8.40. The van der Waals surface area contributed by atoms with Crippen molar-refractivity contribution < 1.29 is 14.3 Å². The van der Waals surface area contributed by atoms with Gasteiger partial charge in [0.1, 0.15) is 5.75 Å². The smallest absolute Gasteiger partial charge is 0.260 e. The van der Waals surface area contributed by atoms with Gasteiger partial charge in [0.25, 0.3) is 11.8 Å². The van der Waals surface area contributed by atoms with Gasteiger partial charge in [0.2, 0.25) is 0 Å². The number of carbonyl (C=O) groups excluding carboxylic acids is 2. The van der Waals surface area contributed by atoms with E-state index in [4.69, 9.17) is 4.74 Å². The van der Waals surface area contributed by atoms with Crippen molar-refractivity contribution in [3.8, 4) is 5.75 Å². The Hall–Kier alpha value is -2.82. The summed E-state index contributed by atoms with van der Waals surface area (Å²) in [5, 5.41) is 3.09. The highest BCUT2D eigenvalue weighted by molar-refractivity contribution is 5.94. The highest BCUT2D eigenvalue weighted by Crippen LogP contribution is 2.26. The second-order valence-electron chi connectivity index (χ2n) is 8.40. The Balaban J connectivity index is 1.51. The van der Waals surface area contributed by atoms with Crippen molar-refractivity contribution in [3.05, 3.63) is 65.2 Å². The van der Waals surface area contributed by atoms with Gasteiger partial charge in [-0.1, -0.05) is 49.7 Å². The molecule has 0 spiro atoms. The Morgan fingerprint density at radius 2 is 1.73 bits per heavy atom. The van der Waals surface area contributed by atoms with Crippen molar-refractivity contribution in [1.82, 2.24) is 10.2 Å². The number of aryl methyl sites for hydroxylation is 1. The standard InChI is InChI=1S/C25H32N2O3/c1-17(2)22-10-5-6-11-23(22)30-19(4)24(28)26-21-12-14-27(15-13-21)25(29)20-9-7-8-18(3)16-20/h5-11,16-17,19,21H,12-15H2,1-4H3,(H,26,28). The monoisotopic (exact) mass is 408 g/mol. The number of nitrogens with zero attached hydrogens (tertiary/aromatic N) is 1. The molecule has 0 saturated carbocycles. The van der Waals surface area contributed by atoms with Crippen LogP contribution in [0.3, 0.4) is 0 Å². The third-order valence-electron chi connectivity index (χ3n) is 5.61. The summed E-state index contributed by atoms with van der Waals surface area (Å²) in [5.74, 6) is 1.03. The van der Waals surface area contributed by atoms with E-state index in [1.807, 2.05) is 60.4 Å². The molecule has 1 saturated heterocycles. The van der Waals surface area contributed by atoms with Gasteiger partial charge in [-0.15, -0.1) is 0 Å². The van der Waals surface area contributed by atoms with Crippen molar-refractivity contribution in [2.75, 3.05) is 13.1 Å². The molecule has 2 aromatic carbocycles. The highest BCUT2D eigenvalue weighted by atomic mass is 16.5. The van der Waals surface area contributed by atoms with E-state index in [0.717, 1.165) is 35.3 Å². The first-order valence-corrected chi connectivity index (χ1v) is 10.8. The summed E-state index contributed by atoms with van der Waals surface area (Å²) in [6, 6.07) is 15.6. The molecule has 0 bridgehead atoms. The largest absolute Gasteiger partial charge is 0.481 e. The molecule has 1 unspecified atom stereocenters. The lowest BCUT2D eigenvalue weighted by atomic mass is 10.0. The molecule has 30 heavy (non-hydrogen) atoms. The summed E-state index contributed by atoms with van der Waals surface area (Å²) in [6.45, 7) is 9.27. The zero-order valence-corrected chi connectivity index (χ0v) is 18.4. The summed E-state index contributed by atoms with van der Waals surface area (Å²) >= 11 is 0. The molecule has 1 aliphatic rings. The van der Waals surface area contributed by atoms with Gasteiger partial charge in [-0.05, 0) is 56.4 Å². The van der Waals surface area contributed by atoms with Crippen molar-refractivity contribution in [2.24, 2.45) is 0 Å². The van der Waals surface area contributed by atoms with Crippen LogP contribution in [0.4, 0.5) is 0 Å². The number of ether oxygens (including phenoxy) is 1. The molecule has 3 rings (SSSR count). The first kappa shape index (κ1) is 21.9. The van der Waals surface area contributed by atoms with Crippen LogP contribution in [-0.4, -0.2) is 41.9 Å². The number of para-hydroxylation sites is 1. The van der Waals surface area contributed by atoms with E-state index in [1.165, 1.54) is 0 Å². The number of hydrogen-bond donors (Lipinski definition) is 1. The summed E-state index contributed by atoms with van der Waals surface area (Å²) < 4.78 is 5.96. The Bertz CT molecular complexity index is 885. The van der Waals surface area contributed by atoms with Gasteiger partial charge in [-0.2, -0.15) is 0 Å². The molecular weight excluding hydrogens is 376 g/mol. The minimum absolute atomic E-state index is 0.0606. The molecule has 1 N–H and O–H groups in total. The molecule has 1 fully saturated rings. The molecule has 1 atom stereocenters. The van der Waals surface area contributed by atoms with Gasteiger partial charge >= 0.3 is 0 Å². The fourth-order valence-corrected chi connectivity index (χ4v) is 3.81. The number of carbonyl (C=O) groups is 2. The van der Waals surface area contributed by atoms with E-state index in [0.29, 0.717) is 19.0 Å². The topological polar surface area (TPSA) is 58.6 Å². The van der Waals surface area contributed by atoms with Crippen molar-refractivity contribution in [3.63, 3.8) is 0 Å². The number of nitrogens with one attached hydrogen (secondary N) is 1. The number of piperidine rings is 1.